The number of carbonyl (C=O) groups is 1. The van der Waals surface area contributed by atoms with E-state index in [2.05, 4.69) is 9.97 Å². The Morgan fingerprint density at radius 1 is 1.38 bits per heavy atom. The third kappa shape index (κ3) is 3.19. The highest BCUT2D eigenvalue weighted by Crippen LogP contribution is 2.29. The van der Waals surface area contributed by atoms with Crippen LogP contribution in [-0.4, -0.2) is 40.5 Å². The minimum absolute atomic E-state index is 0.00527. The lowest BCUT2D eigenvalue weighted by Crippen LogP contribution is -2.49. The van der Waals surface area contributed by atoms with E-state index >= 15 is 0 Å². The van der Waals surface area contributed by atoms with Crippen LogP contribution in [0.1, 0.15) is 37.0 Å². The molecule has 128 valence electrons. The van der Waals surface area contributed by atoms with Gasteiger partial charge in [-0.15, -0.1) is 0 Å². The standard InChI is InChI=1S/C18H22FN3O2/c1-12-10-20-16(21-12)15-11-22(8-9-24-15)17(23)18(2,3)13-4-6-14(19)7-5-13/h4-7,10,15H,8-9,11H2,1-3H3,(H,20,21). The molecule has 3 rings (SSSR count). The van der Waals surface area contributed by atoms with Crippen molar-refractivity contribution >= 4 is 5.91 Å². The SMILES string of the molecule is Cc1cnc(C2CN(C(=O)C(C)(C)c3ccc(F)cc3)CCO2)[nH]1. The van der Waals surface area contributed by atoms with Crippen LogP contribution in [0.2, 0.25) is 0 Å². The van der Waals surface area contributed by atoms with E-state index in [4.69, 9.17) is 4.74 Å². The molecule has 1 saturated heterocycles. The number of benzene rings is 1. The van der Waals surface area contributed by atoms with Crippen molar-refractivity contribution in [3.63, 3.8) is 0 Å². The zero-order valence-corrected chi connectivity index (χ0v) is 14.2. The van der Waals surface area contributed by atoms with Gasteiger partial charge in [-0.3, -0.25) is 4.79 Å². The number of H-pyrrole nitrogens is 1. The third-order valence-corrected chi connectivity index (χ3v) is 4.48. The van der Waals surface area contributed by atoms with Crippen molar-refractivity contribution in [3.05, 3.63) is 53.4 Å². The van der Waals surface area contributed by atoms with Gasteiger partial charge in [-0.25, -0.2) is 9.37 Å². The Bertz CT molecular complexity index is 724. The second-order valence-corrected chi connectivity index (χ2v) is 6.69. The molecule has 1 aromatic carbocycles. The van der Waals surface area contributed by atoms with E-state index < -0.39 is 5.41 Å². The number of aromatic amines is 1. The summed E-state index contributed by atoms with van der Waals surface area (Å²) in [5, 5.41) is 0. The largest absolute Gasteiger partial charge is 0.367 e. The minimum Gasteiger partial charge on any atom is -0.367 e. The Balaban J connectivity index is 1.77. The van der Waals surface area contributed by atoms with Gasteiger partial charge in [-0.1, -0.05) is 12.1 Å². The molecule has 0 radical (unpaired) electrons. The van der Waals surface area contributed by atoms with Crippen molar-refractivity contribution in [2.75, 3.05) is 19.7 Å². The number of nitrogens with one attached hydrogen (secondary N) is 1. The number of hydrogen-bond acceptors (Lipinski definition) is 3. The number of nitrogens with zero attached hydrogens (tertiary/aromatic N) is 2. The summed E-state index contributed by atoms with van der Waals surface area (Å²) >= 11 is 0. The van der Waals surface area contributed by atoms with E-state index in [1.165, 1.54) is 12.1 Å². The lowest BCUT2D eigenvalue weighted by molar-refractivity contribution is -0.144. The lowest BCUT2D eigenvalue weighted by atomic mass is 9.83. The fraction of sp³-hybridized carbons (Fsp3) is 0.444. The first-order valence-corrected chi connectivity index (χ1v) is 8.06. The lowest BCUT2D eigenvalue weighted by Gasteiger charge is -2.37. The molecular formula is C18H22FN3O2. The molecule has 2 heterocycles. The number of imidazole rings is 1. The molecule has 0 aliphatic carbocycles. The summed E-state index contributed by atoms with van der Waals surface area (Å²) < 4.78 is 18.9. The van der Waals surface area contributed by atoms with Crippen molar-refractivity contribution in [1.82, 2.24) is 14.9 Å². The second-order valence-electron chi connectivity index (χ2n) is 6.69. The zero-order valence-electron chi connectivity index (χ0n) is 14.2. The van der Waals surface area contributed by atoms with Crippen LogP contribution in [-0.2, 0) is 14.9 Å². The number of rotatable bonds is 3. The number of carbonyl (C=O) groups excluding carboxylic acids is 1. The van der Waals surface area contributed by atoms with Crippen molar-refractivity contribution in [2.24, 2.45) is 0 Å². The Morgan fingerprint density at radius 2 is 2.08 bits per heavy atom. The van der Waals surface area contributed by atoms with E-state index in [1.807, 2.05) is 20.8 Å². The topological polar surface area (TPSA) is 58.2 Å². The molecule has 1 fully saturated rings. The van der Waals surface area contributed by atoms with Gasteiger partial charge in [-0.05, 0) is 38.5 Å². The molecule has 1 amide bonds. The van der Waals surface area contributed by atoms with E-state index in [9.17, 15) is 9.18 Å². The first kappa shape index (κ1) is 16.6. The van der Waals surface area contributed by atoms with Crippen LogP contribution < -0.4 is 0 Å². The molecule has 1 N–H and O–H groups in total. The molecule has 0 saturated carbocycles. The Kier molecular flexibility index (Phi) is 4.41. The molecule has 2 aromatic rings. The summed E-state index contributed by atoms with van der Waals surface area (Å²) in [5.74, 6) is 0.442. The van der Waals surface area contributed by atoms with Gasteiger partial charge in [0.2, 0.25) is 5.91 Å². The minimum atomic E-state index is -0.728. The number of aryl methyl sites for hydroxylation is 1. The molecule has 1 atom stereocenters. The van der Waals surface area contributed by atoms with Gasteiger partial charge in [-0.2, -0.15) is 0 Å². The highest BCUT2D eigenvalue weighted by atomic mass is 19.1. The number of halogens is 1. The highest BCUT2D eigenvalue weighted by molar-refractivity contribution is 5.87. The molecule has 5 nitrogen and oxygen atoms in total. The number of morpholine rings is 1. The van der Waals surface area contributed by atoms with Crippen LogP contribution in [0, 0.1) is 12.7 Å². The number of hydrogen-bond donors (Lipinski definition) is 1. The van der Waals surface area contributed by atoms with E-state index in [0.29, 0.717) is 19.7 Å². The van der Waals surface area contributed by atoms with E-state index in [-0.39, 0.29) is 17.8 Å². The van der Waals surface area contributed by atoms with Crippen molar-refractivity contribution in [1.29, 1.82) is 0 Å². The Morgan fingerprint density at radius 3 is 2.71 bits per heavy atom. The zero-order chi connectivity index (χ0) is 17.3. The number of amides is 1. The fourth-order valence-electron chi connectivity index (χ4n) is 2.98. The first-order valence-electron chi connectivity index (χ1n) is 8.06. The monoisotopic (exact) mass is 331 g/mol. The van der Waals surface area contributed by atoms with Crippen LogP contribution in [0.5, 0.6) is 0 Å². The summed E-state index contributed by atoms with van der Waals surface area (Å²) in [6, 6.07) is 6.11. The van der Waals surface area contributed by atoms with Crippen molar-refractivity contribution in [2.45, 2.75) is 32.3 Å². The summed E-state index contributed by atoms with van der Waals surface area (Å²) in [6.07, 6.45) is 1.50. The van der Waals surface area contributed by atoms with Crippen LogP contribution in [0.3, 0.4) is 0 Å². The normalized spacial score (nSPS) is 18.7. The van der Waals surface area contributed by atoms with Gasteiger partial charge >= 0.3 is 0 Å². The first-order chi connectivity index (χ1) is 11.4. The quantitative estimate of drug-likeness (QED) is 0.941. The van der Waals surface area contributed by atoms with Crippen molar-refractivity contribution < 1.29 is 13.9 Å². The molecule has 24 heavy (non-hydrogen) atoms. The van der Waals surface area contributed by atoms with Gasteiger partial charge in [0, 0.05) is 18.4 Å². The Hall–Kier alpha value is -2.21. The fourth-order valence-corrected chi connectivity index (χ4v) is 2.98. The average Bonchev–Trinajstić information content (AvgIpc) is 3.01. The second kappa shape index (κ2) is 6.36. The molecule has 0 spiro atoms. The number of aromatic nitrogens is 2. The predicted octanol–water partition coefficient (Wildman–Crippen LogP) is 2.73. The maximum atomic E-state index is 13.1. The van der Waals surface area contributed by atoms with Gasteiger partial charge in [0.15, 0.2) is 0 Å². The maximum absolute atomic E-state index is 13.1. The maximum Gasteiger partial charge on any atom is 0.232 e. The molecule has 0 bridgehead atoms. The van der Waals surface area contributed by atoms with Crippen LogP contribution >= 0.6 is 0 Å². The van der Waals surface area contributed by atoms with Crippen LogP contribution in [0.4, 0.5) is 4.39 Å². The summed E-state index contributed by atoms with van der Waals surface area (Å²) in [6.45, 7) is 7.12. The predicted molar refractivity (Wildman–Crippen MR) is 88.0 cm³/mol. The van der Waals surface area contributed by atoms with Crippen molar-refractivity contribution in [3.8, 4) is 0 Å². The Labute approximate surface area is 140 Å². The van der Waals surface area contributed by atoms with Gasteiger partial charge in [0.1, 0.15) is 17.7 Å². The summed E-state index contributed by atoms with van der Waals surface area (Å²) in [5.41, 5.74) is 1.03. The third-order valence-electron chi connectivity index (χ3n) is 4.48. The van der Waals surface area contributed by atoms with Crippen LogP contribution in [0.25, 0.3) is 0 Å². The molecule has 1 aromatic heterocycles. The molecule has 1 aliphatic heterocycles. The van der Waals surface area contributed by atoms with Gasteiger partial charge in [0.25, 0.3) is 0 Å². The van der Waals surface area contributed by atoms with E-state index in [1.54, 1.807) is 23.2 Å². The average molecular weight is 331 g/mol. The molecule has 1 aliphatic rings. The van der Waals surface area contributed by atoms with Gasteiger partial charge in [0.05, 0.1) is 18.6 Å². The number of ether oxygens (including phenoxy) is 1. The van der Waals surface area contributed by atoms with Crippen LogP contribution in [0.15, 0.2) is 30.5 Å². The molecular weight excluding hydrogens is 309 g/mol. The summed E-state index contributed by atoms with van der Waals surface area (Å²) in [4.78, 5) is 22.3. The smallest absolute Gasteiger partial charge is 0.232 e. The summed E-state index contributed by atoms with van der Waals surface area (Å²) in [7, 11) is 0. The van der Waals surface area contributed by atoms with Gasteiger partial charge < -0.3 is 14.6 Å². The molecule has 6 heteroatoms. The molecule has 1 unspecified atom stereocenters. The highest BCUT2D eigenvalue weighted by Gasteiger charge is 2.37. The van der Waals surface area contributed by atoms with E-state index in [0.717, 1.165) is 17.1 Å².